The first-order chi connectivity index (χ1) is 9.74. The van der Waals surface area contributed by atoms with Gasteiger partial charge in [0.25, 0.3) is 0 Å². The zero-order chi connectivity index (χ0) is 13.9. The van der Waals surface area contributed by atoms with Crippen molar-refractivity contribution < 1.29 is 0 Å². The van der Waals surface area contributed by atoms with Crippen LogP contribution < -0.4 is 5.32 Å². The molecule has 20 heavy (non-hydrogen) atoms. The molecular weight excluding hydrogens is 250 g/mol. The Balaban J connectivity index is 1.80. The lowest BCUT2D eigenvalue weighted by Crippen LogP contribution is -2.26. The van der Waals surface area contributed by atoms with Crippen LogP contribution in [0.2, 0.25) is 0 Å². The van der Waals surface area contributed by atoms with E-state index in [0.717, 1.165) is 31.0 Å². The lowest BCUT2D eigenvalue weighted by molar-refractivity contribution is 0.459. The summed E-state index contributed by atoms with van der Waals surface area (Å²) < 4.78 is 2.04. The molecule has 2 aromatic heterocycles. The summed E-state index contributed by atoms with van der Waals surface area (Å²) in [5, 5.41) is 16.1. The number of rotatable bonds is 3. The van der Waals surface area contributed by atoms with Gasteiger partial charge in [-0.05, 0) is 62.9 Å². The average molecular weight is 271 g/mol. The number of aromatic nitrogens is 4. The zero-order valence-corrected chi connectivity index (χ0v) is 12.1. The van der Waals surface area contributed by atoms with Crippen molar-refractivity contribution in [3.8, 4) is 0 Å². The van der Waals surface area contributed by atoms with E-state index in [1.165, 1.54) is 24.0 Å². The minimum absolute atomic E-state index is 0.654. The second-order valence-corrected chi connectivity index (χ2v) is 5.53. The minimum Gasteiger partial charge on any atom is -0.317 e. The fourth-order valence-corrected chi connectivity index (χ4v) is 2.92. The van der Waals surface area contributed by atoms with Crippen molar-refractivity contribution in [2.45, 2.75) is 39.2 Å². The van der Waals surface area contributed by atoms with Crippen LogP contribution in [0, 0.1) is 13.8 Å². The van der Waals surface area contributed by atoms with Gasteiger partial charge in [0.1, 0.15) is 0 Å². The van der Waals surface area contributed by atoms with Crippen LogP contribution in [0.1, 0.15) is 41.3 Å². The van der Waals surface area contributed by atoms with Gasteiger partial charge in [0.2, 0.25) is 0 Å². The summed E-state index contributed by atoms with van der Waals surface area (Å²) >= 11 is 0. The normalized spacial score (nSPS) is 16.5. The number of piperidine rings is 1. The Labute approximate surface area is 119 Å². The van der Waals surface area contributed by atoms with Gasteiger partial charge in [-0.3, -0.25) is 4.68 Å². The number of hydrogen-bond donors (Lipinski definition) is 1. The van der Waals surface area contributed by atoms with Gasteiger partial charge in [-0.15, -0.1) is 0 Å². The maximum atomic E-state index is 4.67. The van der Waals surface area contributed by atoms with Crippen molar-refractivity contribution in [3.63, 3.8) is 0 Å². The molecule has 106 valence electrons. The Morgan fingerprint density at radius 2 is 2.05 bits per heavy atom. The highest BCUT2D eigenvalue weighted by atomic mass is 15.3. The van der Waals surface area contributed by atoms with Gasteiger partial charge in [0, 0.05) is 12.4 Å². The third-order valence-corrected chi connectivity index (χ3v) is 4.11. The third-order valence-electron chi connectivity index (χ3n) is 4.11. The van der Waals surface area contributed by atoms with Crippen LogP contribution in [0.15, 0.2) is 18.5 Å². The largest absolute Gasteiger partial charge is 0.317 e. The third kappa shape index (κ3) is 2.72. The maximum Gasteiger partial charge on any atom is 0.0678 e. The van der Waals surface area contributed by atoms with E-state index in [1.807, 2.05) is 17.7 Å². The van der Waals surface area contributed by atoms with Crippen molar-refractivity contribution in [3.05, 3.63) is 41.0 Å². The standard InChI is InChI=1S/C15H21N5/c1-11-14(5-8-17-18-11)9-20-10-15(12(2)19-20)13-3-6-16-7-4-13/h5,8,10,13,16H,3-4,6-7,9H2,1-2H3. The molecule has 3 rings (SSSR count). The summed E-state index contributed by atoms with van der Waals surface area (Å²) in [7, 11) is 0. The first-order valence-corrected chi connectivity index (χ1v) is 7.26. The van der Waals surface area contributed by atoms with Crippen molar-refractivity contribution >= 4 is 0 Å². The van der Waals surface area contributed by atoms with Crippen molar-refractivity contribution in [1.29, 1.82) is 0 Å². The number of aryl methyl sites for hydroxylation is 2. The SMILES string of the molecule is Cc1nnccc1Cn1cc(C2CCNCC2)c(C)n1. The van der Waals surface area contributed by atoms with Crippen LogP contribution in [0.5, 0.6) is 0 Å². The van der Waals surface area contributed by atoms with E-state index in [9.17, 15) is 0 Å². The second-order valence-electron chi connectivity index (χ2n) is 5.53. The predicted octanol–water partition coefficient (Wildman–Crippen LogP) is 1.81. The molecule has 0 amide bonds. The summed E-state index contributed by atoms with van der Waals surface area (Å²) in [4.78, 5) is 0. The van der Waals surface area contributed by atoms with E-state index in [1.54, 1.807) is 6.20 Å². The van der Waals surface area contributed by atoms with Crippen LogP contribution in [0.3, 0.4) is 0 Å². The first-order valence-electron chi connectivity index (χ1n) is 7.26. The van der Waals surface area contributed by atoms with E-state index < -0.39 is 0 Å². The summed E-state index contributed by atoms with van der Waals surface area (Å²) in [6.07, 6.45) is 6.38. The fraction of sp³-hybridized carbons (Fsp3) is 0.533. The molecule has 0 bridgehead atoms. The lowest BCUT2D eigenvalue weighted by atomic mass is 9.91. The van der Waals surface area contributed by atoms with Crippen molar-refractivity contribution in [2.75, 3.05) is 13.1 Å². The number of nitrogens with zero attached hydrogens (tertiary/aromatic N) is 4. The Kier molecular flexibility index (Phi) is 3.78. The monoisotopic (exact) mass is 271 g/mol. The molecule has 0 atom stereocenters. The summed E-state index contributed by atoms with van der Waals surface area (Å²) in [6.45, 7) is 7.11. The average Bonchev–Trinajstić information content (AvgIpc) is 2.83. The molecule has 1 saturated heterocycles. The van der Waals surface area contributed by atoms with E-state index in [0.29, 0.717) is 5.92 Å². The molecule has 2 aromatic rings. The van der Waals surface area contributed by atoms with Crippen LogP contribution in [0.4, 0.5) is 0 Å². The summed E-state index contributed by atoms with van der Waals surface area (Å²) in [5.74, 6) is 0.654. The van der Waals surface area contributed by atoms with Gasteiger partial charge in [-0.1, -0.05) is 0 Å². The molecule has 0 aliphatic carbocycles. The first kappa shape index (κ1) is 13.2. The van der Waals surface area contributed by atoms with E-state index >= 15 is 0 Å². The van der Waals surface area contributed by atoms with E-state index in [-0.39, 0.29) is 0 Å². The van der Waals surface area contributed by atoms with Gasteiger partial charge in [-0.25, -0.2) is 0 Å². The van der Waals surface area contributed by atoms with Crippen molar-refractivity contribution in [2.24, 2.45) is 0 Å². The van der Waals surface area contributed by atoms with Crippen LogP contribution in [-0.2, 0) is 6.54 Å². The van der Waals surface area contributed by atoms with Crippen LogP contribution in [0.25, 0.3) is 0 Å². The Morgan fingerprint density at radius 3 is 2.80 bits per heavy atom. The summed E-state index contributed by atoms with van der Waals surface area (Å²) in [6, 6.07) is 2.02. The fourth-order valence-electron chi connectivity index (χ4n) is 2.92. The molecule has 0 unspecified atom stereocenters. The molecule has 0 radical (unpaired) electrons. The van der Waals surface area contributed by atoms with Gasteiger partial charge in [-0.2, -0.15) is 15.3 Å². The Bertz CT molecular complexity index is 584. The van der Waals surface area contributed by atoms with Crippen LogP contribution >= 0.6 is 0 Å². The Morgan fingerprint density at radius 1 is 1.25 bits per heavy atom. The van der Waals surface area contributed by atoms with E-state index in [4.69, 9.17) is 0 Å². The number of nitrogens with one attached hydrogen (secondary N) is 1. The molecule has 0 saturated carbocycles. The summed E-state index contributed by atoms with van der Waals surface area (Å²) in [5.41, 5.74) is 4.73. The minimum atomic E-state index is 0.654. The van der Waals surface area contributed by atoms with Crippen LogP contribution in [-0.4, -0.2) is 33.1 Å². The van der Waals surface area contributed by atoms with Gasteiger partial charge < -0.3 is 5.32 Å². The molecule has 1 aliphatic heterocycles. The highest BCUT2D eigenvalue weighted by molar-refractivity contribution is 5.23. The number of hydrogen-bond acceptors (Lipinski definition) is 4. The zero-order valence-electron chi connectivity index (χ0n) is 12.1. The topological polar surface area (TPSA) is 55.6 Å². The molecular formula is C15H21N5. The lowest BCUT2D eigenvalue weighted by Gasteiger charge is -2.22. The Hall–Kier alpha value is -1.75. The molecule has 1 N–H and O–H groups in total. The van der Waals surface area contributed by atoms with E-state index in [2.05, 4.69) is 33.7 Å². The quantitative estimate of drug-likeness (QED) is 0.925. The molecule has 0 aromatic carbocycles. The molecule has 1 aliphatic rings. The highest BCUT2D eigenvalue weighted by Crippen LogP contribution is 2.27. The van der Waals surface area contributed by atoms with Crippen molar-refractivity contribution in [1.82, 2.24) is 25.3 Å². The second kappa shape index (κ2) is 5.71. The highest BCUT2D eigenvalue weighted by Gasteiger charge is 2.19. The molecule has 0 spiro atoms. The molecule has 5 nitrogen and oxygen atoms in total. The van der Waals surface area contributed by atoms with Gasteiger partial charge in [0.15, 0.2) is 0 Å². The maximum absolute atomic E-state index is 4.67. The predicted molar refractivity (Wildman–Crippen MR) is 77.7 cm³/mol. The molecule has 3 heterocycles. The smallest absolute Gasteiger partial charge is 0.0678 e. The van der Waals surface area contributed by atoms with Gasteiger partial charge in [0.05, 0.1) is 17.9 Å². The molecule has 1 fully saturated rings. The van der Waals surface area contributed by atoms with Gasteiger partial charge >= 0.3 is 0 Å². The molecule has 5 heteroatoms.